The lowest BCUT2D eigenvalue weighted by atomic mass is 9.82. The third-order valence-corrected chi connectivity index (χ3v) is 9.32. The van der Waals surface area contributed by atoms with E-state index in [-0.39, 0.29) is 11.5 Å². The number of amides is 1. The molecule has 0 aromatic carbocycles. The van der Waals surface area contributed by atoms with Crippen LogP contribution in [0.3, 0.4) is 0 Å². The second kappa shape index (κ2) is 9.43. The van der Waals surface area contributed by atoms with Crippen molar-refractivity contribution in [2.75, 3.05) is 19.7 Å². The van der Waals surface area contributed by atoms with Crippen LogP contribution < -0.4 is 0 Å². The van der Waals surface area contributed by atoms with Crippen LogP contribution in [0.5, 0.6) is 0 Å². The first-order valence-electron chi connectivity index (χ1n) is 13.1. The molecule has 3 aromatic rings. The van der Waals surface area contributed by atoms with Crippen LogP contribution in [0.1, 0.15) is 39.3 Å². The van der Waals surface area contributed by atoms with Crippen molar-refractivity contribution < 1.29 is 14.3 Å². The Hall–Kier alpha value is -2.36. The highest BCUT2D eigenvalue weighted by atomic mass is 35.5. The summed E-state index contributed by atoms with van der Waals surface area (Å²) in [5.74, 6) is 0. The molecule has 3 aromatic heterocycles. The van der Waals surface area contributed by atoms with Crippen LogP contribution in [0.2, 0.25) is 30.7 Å². The van der Waals surface area contributed by atoms with Gasteiger partial charge in [0.05, 0.1) is 10.7 Å². The minimum atomic E-state index is -1.13. The van der Waals surface area contributed by atoms with Gasteiger partial charge in [0.15, 0.2) is 0 Å². The Morgan fingerprint density at radius 3 is 2.68 bits per heavy atom. The van der Waals surface area contributed by atoms with Crippen LogP contribution in [0.15, 0.2) is 24.5 Å². The summed E-state index contributed by atoms with van der Waals surface area (Å²) in [6.07, 6.45) is 5.42. The summed E-state index contributed by atoms with van der Waals surface area (Å²) in [7, 11) is -1.13. The predicted molar refractivity (Wildman–Crippen MR) is 149 cm³/mol. The van der Waals surface area contributed by atoms with Gasteiger partial charge in [-0.2, -0.15) is 5.10 Å². The van der Waals surface area contributed by atoms with E-state index >= 15 is 0 Å². The Labute approximate surface area is 224 Å². The number of aryl methyl sites for hydroxylation is 1. The molecule has 1 unspecified atom stereocenters. The van der Waals surface area contributed by atoms with Crippen molar-refractivity contribution in [2.24, 2.45) is 0 Å². The van der Waals surface area contributed by atoms with Gasteiger partial charge in [-0.05, 0) is 51.8 Å². The van der Waals surface area contributed by atoms with Crippen molar-refractivity contribution in [2.45, 2.75) is 83.6 Å². The topological polar surface area (TPSA) is 74.4 Å². The van der Waals surface area contributed by atoms with Gasteiger partial charge in [0.1, 0.15) is 18.0 Å². The third kappa shape index (κ3) is 5.44. The summed E-state index contributed by atoms with van der Waals surface area (Å²) in [6, 6.07) is 5.36. The fraction of sp³-hybridized carbons (Fsp3) is 0.593. The maximum atomic E-state index is 12.7. The highest BCUT2D eigenvalue weighted by molar-refractivity contribution is 6.76. The number of ether oxygens (including phenoxy) is 2. The lowest BCUT2D eigenvalue weighted by Crippen LogP contribution is -2.37. The molecule has 10 heteroatoms. The van der Waals surface area contributed by atoms with Gasteiger partial charge in [0.25, 0.3) is 0 Å². The van der Waals surface area contributed by atoms with E-state index in [1.807, 2.05) is 42.6 Å². The third-order valence-electron chi connectivity index (χ3n) is 7.32. The van der Waals surface area contributed by atoms with E-state index in [1.54, 1.807) is 0 Å². The summed E-state index contributed by atoms with van der Waals surface area (Å²) < 4.78 is 15.6. The fourth-order valence-electron chi connectivity index (χ4n) is 5.28. The minimum absolute atomic E-state index is 0.0755. The van der Waals surface area contributed by atoms with Crippen LogP contribution in [-0.4, -0.2) is 63.7 Å². The number of aromatic nitrogens is 4. The monoisotopic (exact) mass is 543 g/mol. The van der Waals surface area contributed by atoms with E-state index in [1.165, 1.54) is 5.69 Å². The van der Waals surface area contributed by atoms with E-state index in [0.717, 1.165) is 54.3 Å². The van der Waals surface area contributed by atoms with Gasteiger partial charge in [-0.3, -0.25) is 4.68 Å². The van der Waals surface area contributed by atoms with Crippen molar-refractivity contribution in [3.05, 3.63) is 35.2 Å². The number of nitrogens with zero attached hydrogens (tertiary/aromatic N) is 5. The first-order chi connectivity index (χ1) is 17.3. The van der Waals surface area contributed by atoms with Gasteiger partial charge in [0.2, 0.25) is 0 Å². The fourth-order valence-corrected chi connectivity index (χ4v) is 6.29. The molecule has 1 fully saturated rings. The number of halogens is 1. The minimum Gasteiger partial charge on any atom is -0.444 e. The number of likely N-dealkylation sites (tertiary alicyclic amines) is 1. The Bertz CT molecular complexity index is 1320. The molecule has 0 radical (unpaired) electrons. The molecule has 37 heavy (non-hydrogen) atoms. The maximum absolute atomic E-state index is 12.7. The average molecular weight is 544 g/mol. The first kappa shape index (κ1) is 26.3. The van der Waals surface area contributed by atoms with Crippen molar-refractivity contribution >= 4 is 36.8 Å². The zero-order chi connectivity index (χ0) is 26.6. The molecule has 5 heterocycles. The molecular formula is C27H38ClN5O3Si. The standard InChI is InChI=1S/C27H38ClN5O3Si/c1-26(2,3)36-25(34)31-9-7-27(17-31)8-10-33-23(27)14-22(30-33)19-13-20-21(28)16-32(24(20)29-15-19)18-35-11-12-37(4,5)6/h13-16H,7-12,17-18H2,1-6H3. The smallest absolute Gasteiger partial charge is 0.410 e. The lowest BCUT2D eigenvalue weighted by molar-refractivity contribution is 0.0284. The van der Waals surface area contributed by atoms with Crippen LogP contribution in [-0.2, 0) is 28.2 Å². The second-order valence-electron chi connectivity index (χ2n) is 12.7. The van der Waals surface area contributed by atoms with Gasteiger partial charge in [-0.15, -0.1) is 0 Å². The molecule has 2 aliphatic heterocycles. The molecule has 0 saturated carbocycles. The highest BCUT2D eigenvalue weighted by Gasteiger charge is 2.47. The Balaban J connectivity index is 1.33. The zero-order valence-electron chi connectivity index (χ0n) is 22.8. The summed E-state index contributed by atoms with van der Waals surface area (Å²) in [4.78, 5) is 19.3. The van der Waals surface area contributed by atoms with Crippen molar-refractivity contribution in [1.82, 2.24) is 24.2 Å². The van der Waals surface area contributed by atoms with Crippen LogP contribution in [0, 0.1) is 0 Å². The number of fused-ring (bicyclic) bond motifs is 3. The number of hydrogen-bond donors (Lipinski definition) is 0. The molecule has 200 valence electrons. The molecule has 2 aliphatic rings. The number of carbonyl (C=O) groups excluding carboxylic acids is 1. The maximum Gasteiger partial charge on any atom is 0.410 e. The number of hydrogen-bond acceptors (Lipinski definition) is 5. The molecular weight excluding hydrogens is 506 g/mol. The van der Waals surface area contributed by atoms with Crippen molar-refractivity contribution in [1.29, 1.82) is 0 Å². The van der Waals surface area contributed by atoms with Gasteiger partial charge in [-0.1, -0.05) is 31.2 Å². The number of carbonyl (C=O) groups is 1. The summed E-state index contributed by atoms with van der Waals surface area (Å²) >= 11 is 6.60. The Morgan fingerprint density at radius 2 is 1.95 bits per heavy atom. The van der Waals surface area contributed by atoms with Crippen LogP contribution in [0.25, 0.3) is 22.3 Å². The quantitative estimate of drug-likeness (QED) is 0.275. The molecule has 0 bridgehead atoms. The van der Waals surface area contributed by atoms with E-state index < -0.39 is 13.7 Å². The van der Waals surface area contributed by atoms with E-state index in [9.17, 15) is 4.79 Å². The zero-order valence-corrected chi connectivity index (χ0v) is 24.6. The summed E-state index contributed by atoms with van der Waals surface area (Å²) in [5, 5.41) is 6.46. The molecule has 1 amide bonds. The molecule has 0 aliphatic carbocycles. The van der Waals surface area contributed by atoms with E-state index in [0.29, 0.717) is 24.8 Å². The van der Waals surface area contributed by atoms with Crippen LogP contribution >= 0.6 is 11.6 Å². The number of pyridine rings is 1. The first-order valence-corrected chi connectivity index (χ1v) is 17.2. The van der Waals surface area contributed by atoms with Gasteiger partial charge < -0.3 is 18.9 Å². The van der Waals surface area contributed by atoms with Crippen molar-refractivity contribution in [3.63, 3.8) is 0 Å². The molecule has 8 nitrogen and oxygen atoms in total. The SMILES string of the molecule is CC(C)(C)OC(=O)N1CCC2(CCn3nc(-c4cnc5c(c4)c(Cl)cn5COCC[Si](C)(C)C)cc32)C1. The number of rotatable bonds is 6. The Kier molecular flexibility index (Phi) is 6.69. The predicted octanol–water partition coefficient (Wildman–Crippen LogP) is 6.15. The highest BCUT2D eigenvalue weighted by Crippen LogP contribution is 2.44. The normalized spacial score (nSPS) is 19.8. The average Bonchev–Trinajstić information content (AvgIpc) is 3.55. The van der Waals surface area contributed by atoms with Crippen LogP contribution in [0.4, 0.5) is 4.79 Å². The largest absolute Gasteiger partial charge is 0.444 e. The molecule has 5 rings (SSSR count). The summed E-state index contributed by atoms with van der Waals surface area (Å²) in [6.45, 7) is 16.1. The summed E-state index contributed by atoms with van der Waals surface area (Å²) in [5.41, 5.74) is 3.25. The van der Waals surface area contributed by atoms with Crippen molar-refractivity contribution in [3.8, 4) is 11.3 Å². The molecule has 0 N–H and O–H groups in total. The van der Waals surface area contributed by atoms with Gasteiger partial charge in [0, 0.05) is 68.8 Å². The van der Waals surface area contributed by atoms with E-state index in [4.69, 9.17) is 31.2 Å². The van der Waals surface area contributed by atoms with E-state index in [2.05, 4.69) is 36.5 Å². The molecule has 1 saturated heterocycles. The molecule has 1 spiro atoms. The Morgan fingerprint density at radius 1 is 1.19 bits per heavy atom. The molecule has 1 atom stereocenters. The lowest BCUT2D eigenvalue weighted by Gasteiger charge is -2.26. The van der Waals surface area contributed by atoms with Gasteiger partial charge >= 0.3 is 6.09 Å². The second-order valence-corrected chi connectivity index (χ2v) is 18.7. The van der Waals surface area contributed by atoms with Gasteiger partial charge in [-0.25, -0.2) is 9.78 Å².